The summed E-state index contributed by atoms with van der Waals surface area (Å²) in [7, 11) is 0. The molecule has 1 aliphatic rings. The molecule has 1 aromatic heterocycles. The second-order valence-electron chi connectivity index (χ2n) is 6.73. The Labute approximate surface area is 175 Å². The largest absolute Gasteiger partial charge is 0.368 e. The minimum atomic E-state index is -0.0437. The summed E-state index contributed by atoms with van der Waals surface area (Å²) in [4.78, 5) is 25.6. The van der Waals surface area contributed by atoms with Crippen molar-refractivity contribution in [3.8, 4) is 0 Å². The maximum atomic E-state index is 12.2. The Morgan fingerprint density at radius 2 is 1.55 bits per heavy atom. The van der Waals surface area contributed by atoms with Gasteiger partial charge in [-0.1, -0.05) is 48.2 Å². The van der Waals surface area contributed by atoms with Crippen LogP contribution < -0.4 is 15.1 Å². The Morgan fingerprint density at radius 3 is 2.28 bits per heavy atom. The molecule has 2 aromatic carbocycles. The van der Waals surface area contributed by atoms with E-state index in [0.717, 1.165) is 42.7 Å². The van der Waals surface area contributed by atoms with Crippen molar-refractivity contribution in [3.63, 3.8) is 0 Å². The van der Waals surface area contributed by atoms with E-state index < -0.39 is 0 Å². The van der Waals surface area contributed by atoms with E-state index in [1.165, 1.54) is 17.4 Å². The number of aromatic nitrogens is 2. The summed E-state index contributed by atoms with van der Waals surface area (Å²) in [5.41, 5.74) is 2.06. The fourth-order valence-electron chi connectivity index (χ4n) is 3.27. The molecule has 29 heavy (non-hydrogen) atoms. The fourth-order valence-corrected chi connectivity index (χ4v) is 3.93. The van der Waals surface area contributed by atoms with E-state index in [-0.39, 0.29) is 5.91 Å². The van der Waals surface area contributed by atoms with Gasteiger partial charge in [0.15, 0.2) is 0 Å². The maximum absolute atomic E-state index is 12.2. The first-order chi connectivity index (χ1) is 14.3. The second kappa shape index (κ2) is 9.43. The first-order valence-electron chi connectivity index (χ1n) is 9.62. The fraction of sp³-hybridized carbons (Fsp3) is 0.227. The van der Waals surface area contributed by atoms with Gasteiger partial charge in [0.25, 0.3) is 0 Å². The maximum Gasteiger partial charge on any atom is 0.234 e. The lowest BCUT2D eigenvalue weighted by Gasteiger charge is -2.36. The molecule has 0 aliphatic carbocycles. The van der Waals surface area contributed by atoms with Crippen LogP contribution in [-0.2, 0) is 4.79 Å². The number of hydrogen-bond acceptors (Lipinski definition) is 6. The van der Waals surface area contributed by atoms with Crippen molar-refractivity contribution in [2.75, 3.05) is 47.0 Å². The quantitative estimate of drug-likeness (QED) is 0.500. The molecule has 0 bridgehead atoms. The number of hydrogen-bond donors (Lipinski definition) is 1. The Bertz CT molecular complexity index is 930. The van der Waals surface area contributed by atoms with E-state index in [0.29, 0.717) is 5.75 Å². The van der Waals surface area contributed by atoms with Crippen LogP contribution in [0.15, 0.2) is 78.1 Å². The van der Waals surface area contributed by atoms with Crippen molar-refractivity contribution in [1.29, 1.82) is 0 Å². The molecule has 1 N–H and O–H groups in total. The normalized spacial score (nSPS) is 13.9. The molecule has 2 heterocycles. The molecule has 0 unspecified atom stereocenters. The van der Waals surface area contributed by atoms with Gasteiger partial charge in [0.2, 0.25) is 5.91 Å². The lowest BCUT2D eigenvalue weighted by atomic mass is 10.2. The molecular weight excluding hydrogens is 382 g/mol. The smallest absolute Gasteiger partial charge is 0.234 e. The number of para-hydroxylation sites is 2. The van der Waals surface area contributed by atoms with Crippen LogP contribution in [0.25, 0.3) is 0 Å². The molecule has 1 aliphatic heterocycles. The average molecular weight is 406 g/mol. The van der Waals surface area contributed by atoms with Crippen molar-refractivity contribution in [1.82, 2.24) is 9.97 Å². The first-order valence-corrected chi connectivity index (χ1v) is 10.6. The van der Waals surface area contributed by atoms with E-state index in [4.69, 9.17) is 0 Å². The lowest BCUT2D eigenvalue weighted by molar-refractivity contribution is -0.113. The number of carbonyl (C=O) groups excluding carboxylic acids is 1. The third-order valence-electron chi connectivity index (χ3n) is 4.76. The SMILES string of the molecule is O=C(CSc1cc(N2CCN(c3ccccc3)CC2)ncn1)Nc1ccccc1. The number of benzene rings is 2. The van der Waals surface area contributed by atoms with Gasteiger partial charge in [0.05, 0.1) is 5.75 Å². The topological polar surface area (TPSA) is 61.4 Å². The Balaban J connectivity index is 1.30. The molecule has 3 aromatic rings. The van der Waals surface area contributed by atoms with E-state index in [9.17, 15) is 4.79 Å². The number of thioether (sulfide) groups is 1. The van der Waals surface area contributed by atoms with Gasteiger partial charge in [-0.15, -0.1) is 0 Å². The zero-order valence-electron chi connectivity index (χ0n) is 16.1. The van der Waals surface area contributed by atoms with Crippen molar-refractivity contribution in [3.05, 3.63) is 73.1 Å². The molecule has 6 nitrogen and oxygen atoms in total. The van der Waals surface area contributed by atoms with Gasteiger partial charge >= 0.3 is 0 Å². The highest BCUT2D eigenvalue weighted by Crippen LogP contribution is 2.22. The highest BCUT2D eigenvalue weighted by molar-refractivity contribution is 7.99. The van der Waals surface area contributed by atoms with Crippen LogP contribution >= 0.6 is 11.8 Å². The molecule has 148 valence electrons. The predicted octanol–water partition coefficient (Wildman–Crippen LogP) is 3.53. The summed E-state index contributed by atoms with van der Waals surface area (Å²) in [6.45, 7) is 3.72. The lowest BCUT2D eigenvalue weighted by Crippen LogP contribution is -2.46. The molecule has 4 rings (SSSR count). The third kappa shape index (κ3) is 5.26. The van der Waals surface area contributed by atoms with E-state index in [1.807, 2.05) is 42.5 Å². The van der Waals surface area contributed by atoms with Gasteiger partial charge < -0.3 is 15.1 Å². The minimum absolute atomic E-state index is 0.0437. The van der Waals surface area contributed by atoms with Crippen LogP contribution in [0.1, 0.15) is 0 Å². The molecule has 0 spiro atoms. The number of rotatable bonds is 6. The van der Waals surface area contributed by atoms with Crippen LogP contribution in [0.5, 0.6) is 0 Å². The van der Waals surface area contributed by atoms with Crippen molar-refractivity contribution < 1.29 is 4.79 Å². The zero-order valence-corrected chi connectivity index (χ0v) is 16.9. The monoisotopic (exact) mass is 405 g/mol. The van der Waals surface area contributed by atoms with Crippen LogP contribution in [0, 0.1) is 0 Å². The van der Waals surface area contributed by atoms with Crippen LogP contribution in [0.4, 0.5) is 17.2 Å². The van der Waals surface area contributed by atoms with E-state index >= 15 is 0 Å². The molecule has 0 atom stereocenters. The second-order valence-corrected chi connectivity index (χ2v) is 7.72. The zero-order chi connectivity index (χ0) is 19.9. The van der Waals surface area contributed by atoms with Crippen molar-refractivity contribution >= 4 is 34.9 Å². The molecule has 0 saturated carbocycles. The number of nitrogens with zero attached hydrogens (tertiary/aromatic N) is 4. The van der Waals surface area contributed by atoms with Crippen LogP contribution in [-0.4, -0.2) is 47.8 Å². The summed E-state index contributed by atoms with van der Waals surface area (Å²) in [6.07, 6.45) is 1.58. The average Bonchev–Trinajstić information content (AvgIpc) is 2.79. The standard InChI is InChI=1S/C22H23N5OS/c28-21(25-18-7-3-1-4-8-18)16-29-22-15-20(23-17-24-22)27-13-11-26(12-14-27)19-9-5-2-6-10-19/h1-10,15,17H,11-14,16H2,(H,25,28). The van der Waals surface area contributed by atoms with Gasteiger partial charge in [0, 0.05) is 43.6 Å². The molecule has 7 heteroatoms. The highest BCUT2D eigenvalue weighted by atomic mass is 32.2. The molecule has 1 saturated heterocycles. The van der Waals surface area contributed by atoms with Gasteiger partial charge in [-0.2, -0.15) is 0 Å². The molecular formula is C22H23N5OS. The van der Waals surface area contributed by atoms with Crippen LogP contribution in [0.3, 0.4) is 0 Å². The first kappa shape index (κ1) is 19.3. The predicted molar refractivity (Wildman–Crippen MR) is 119 cm³/mol. The summed E-state index contributed by atoms with van der Waals surface area (Å²) < 4.78 is 0. The molecule has 1 amide bonds. The van der Waals surface area contributed by atoms with Gasteiger partial charge in [-0.05, 0) is 24.3 Å². The number of carbonyl (C=O) groups is 1. The summed E-state index contributed by atoms with van der Waals surface area (Å²) in [5, 5.41) is 3.70. The summed E-state index contributed by atoms with van der Waals surface area (Å²) in [5.74, 6) is 1.18. The van der Waals surface area contributed by atoms with Crippen molar-refractivity contribution in [2.45, 2.75) is 5.03 Å². The third-order valence-corrected chi connectivity index (χ3v) is 5.69. The van der Waals surface area contributed by atoms with Gasteiger partial charge in [-0.25, -0.2) is 9.97 Å². The van der Waals surface area contributed by atoms with E-state index in [1.54, 1.807) is 6.33 Å². The number of nitrogens with one attached hydrogen (secondary N) is 1. The Kier molecular flexibility index (Phi) is 6.26. The molecule has 0 radical (unpaired) electrons. The summed E-state index contributed by atoms with van der Waals surface area (Å²) >= 11 is 1.42. The van der Waals surface area contributed by atoms with Gasteiger partial charge in [-0.3, -0.25) is 4.79 Å². The number of piperazine rings is 1. The van der Waals surface area contributed by atoms with Crippen molar-refractivity contribution in [2.24, 2.45) is 0 Å². The number of anilines is 3. The number of amides is 1. The van der Waals surface area contributed by atoms with Crippen LogP contribution in [0.2, 0.25) is 0 Å². The highest BCUT2D eigenvalue weighted by Gasteiger charge is 2.18. The summed E-state index contributed by atoms with van der Waals surface area (Å²) in [6, 6.07) is 21.9. The Morgan fingerprint density at radius 1 is 0.897 bits per heavy atom. The minimum Gasteiger partial charge on any atom is -0.368 e. The Hall–Kier alpha value is -3.06. The van der Waals surface area contributed by atoms with E-state index in [2.05, 4.69) is 49.4 Å². The van der Waals surface area contributed by atoms with Gasteiger partial charge in [0.1, 0.15) is 17.2 Å². The molecule has 1 fully saturated rings.